The Morgan fingerprint density at radius 2 is 2.28 bits per heavy atom. The smallest absolute Gasteiger partial charge is 0.303 e. The number of carboxylic acids is 1. The average molecular weight is 254 g/mol. The second kappa shape index (κ2) is 5.48. The van der Waals surface area contributed by atoms with Crippen molar-refractivity contribution in [3.05, 3.63) is 11.8 Å². The maximum Gasteiger partial charge on any atom is 0.303 e. The Morgan fingerprint density at radius 3 is 2.89 bits per heavy atom. The van der Waals surface area contributed by atoms with E-state index in [1.807, 2.05) is 13.8 Å². The molecule has 1 aromatic rings. The molecule has 1 fully saturated rings. The molecule has 0 saturated carbocycles. The van der Waals surface area contributed by atoms with Gasteiger partial charge in [-0.05, 0) is 25.7 Å². The SMILES string of the molecule is CC(CC(=O)O)Cc1nnc(C2CCC(C)O2)o1. The first-order chi connectivity index (χ1) is 8.54. The van der Waals surface area contributed by atoms with Gasteiger partial charge in [0.25, 0.3) is 0 Å². The highest BCUT2D eigenvalue weighted by atomic mass is 16.5. The summed E-state index contributed by atoms with van der Waals surface area (Å²) >= 11 is 0. The Labute approximate surface area is 105 Å². The summed E-state index contributed by atoms with van der Waals surface area (Å²) in [7, 11) is 0. The number of carboxylic acid groups (broad SMARTS) is 1. The van der Waals surface area contributed by atoms with Gasteiger partial charge in [0, 0.05) is 12.8 Å². The minimum Gasteiger partial charge on any atom is -0.481 e. The maximum atomic E-state index is 10.6. The van der Waals surface area contributed by atoms with Crippen LogP contribution in [0.2, 0.25) is 0 Å². The zero-order valence-electron chi connectivity index (χ0n) is 10.6. The fourth-order valence-electron chi connectivity index (χ4n) is 2.13. The van der Waals surface area contributed by atoms with Gasteiger partial charge in [0.1, 0.15) is 6.10 Å². The monoisotopic (exact) mass is 254 g/mol. The van der Waals surface area contributed by atoms with Crippen molar-refractivity contribution in [2.75, 3.05) is 0 Å². The first-order valence-corrected chi connectivity index (χ1v) is 6.24. The zero-order chi connectivity index (χ0) is 13.1. The number of carbonyl (C=O) groups is 1. The van der Waals surface area contributed by atoms with E-state index in [1.54, 1.807) is 0 Å². The van der Waals surface area contributed by atoms with Crippen molar-refractivity contribution in [2.45, 2.75) is 51.7 Å². The summed E-state index contributed by atoms with van der Waals surface area (Å²) in [6.07, 6.45) is 2.62. The molecule has 0 radical (unpaired) electrons. The van der Waals surface area contributed by atoms with Crippen LogP contribution in [-0.4, -0.2) is 27.4 Å². The molecule has 6 heteroatoms. The van der Waals surface area contributed by atoms with Crippen LogP contribution in [0.25, 0.3) is 0 Å². The quantitative estimate of drug-likeness (QED) is 0.864. The number of hydrogen-bond donors (Lipinski definition) is 1. The number of aliphatic carboxylic acids is 1. The lowest BCUT2D eigenvalue weighted by atomic mass is 10.0. The van der Waals surface area contributed by atoms with Crippen LogP contribution in [0.4, 0.5) is 0 Å². The molecule has 100 valence electrons. The molecule has 1 aliphatic rings. The minimum absolute atomic E-state index is 0.0146. The topological polar surface area (TPSA) is 85.5 Å². The second-order valence-corrected chi connectivity index (χ2v) is 4.95. The molecule has 0 amide bonds. The van der Waals surface area contributed by atoms with Gasteiger partial charge in [0.05, 0.1) is 6.10 Å². The fraction of sp³-hybridized carbons (Fsp3) is 0.750. The van der Waals surface area contributed by atoms with Gasteiger partial charge in [-0.3, -0.25) is 4.79 Å². The third-order valence-corrected chi connectivity index (χ3v) is 3.04. The van der Waals surface area contributed by atoms with Crippen LogP contribution in [-0.2, 0) is 16.0 Å². The van der Waals surface area contributed by atoms with E-state index in [1.165, 1.54) is 0 Å². The largest absolute Gasteiger partial charge is 0.481 e. The third-order valence-electron chi connectivity index (χ3n) is 3.04. The van der Waals surface area contributed by atoms with E-state index in [-0.39, 0.29) is 24.5 Å². The summed E-state index contributed by atoms with van der Waals surface area (Å²) in [4.78, 5) is 10.6. The Hall–Kier alpha value is -1.43. The normalized spacial score (nSPS) is 25.2. The van der Waals surface area contributed by atoms with Crippen molar-refractivity contribution in [1.82, 2.24) is 10.2 Å². The molecule has 2 rings (SSSR count). The van der Waals surface area contributed by atoms with Crippen molar-refractivity contribution in [3.63, 3.8) is 0 Å². The number of rotatable bonds is 5. The molecule has 6 nitrogen and oxygen atoms in total. The number of aromatic nitrogens is 2. The van der Waals surface area contributed by atoms with E-state index in [4.69, 9.17) is 14.3 Å². The summed E-state index contributed by atoms with van der Waals surface area (Å²) in [5.74, 6) is 0.174. The molecule has 3 unspecified atom stereocenters. The van der Waals surface area contributed by atoms with E-state index >= 15 is 0 Å². The van der Waals surface area contributed by atoms with Gasteiger partial charge in [0.2, 0.25) is 11.8 Å². The molecule has 0 aromatic carbocycles. The highest BCUT2D eigenvalue weighted by Gasteiger charge is 2.28. The highest BCUT2D eigenvalue weighted by Crippen LogP contribution is 2.31. The summed E-state index contributed by atoms with van der Waals surface area (Å²) in [5.41, 5.74) is 0. The van der Waals surface area contributed by atoms with Crippen molar-refractivity contribution < 1.29 is 19.1 Å². The summed E-state index contributed by atoms with van der Waals surface area (Å²) < 4.78 is 11.2. The summed E-state index contributed by atoms with van der Waals surface area (Å²) in [6.45, 7) is 3.87. The molecule has 1 saturated heterocycles. The lowest BCUT2D eigenvalue weighted by Gasteiger charge is -2.06. The van der Waals surface area contributed by atoms with E-state index < -0.39 is 5.97 Å². The Morgan fingerprint density at radius 1 is 1.50 bits per heavy atom. The zero-order valence-corrected chi connectivity index (χ0v) is 10.6. The van der Waals surface area contributed by atoms with E-state index in [2.05, 4.69) is 10.2 Å². The summed E-state index contributed by atoms with van der Waals surface area (Å²) in [6, 6.07) is 0. The lowest BCUT2D eigenvalue weighted by Crippen LogP contribution is -2.07. The number of ether oxygens (including phenoxy) is 1. The predicted molar refractivity (Wildman–Crippen MR) is 61.9 cm³/mol. The molecule has 1 N–H and O–H groups in total. The van der Waals surface area contributed by atoms with Crippen LogP contribution >= 0.6 is 0 Å². The van der Waals surface area contributed by atoms with Crippen molar-refractivity contribution in [3.8, 4) is 0 Å². The number of hydrogen-bond acceptors (Lipinski definition) is 5. The molecule has 3 atom stereocenters. The average Bonchev–Trinajstić information content (AvgIpc) is 2.85. The van der Waals surface area contributed by atoms with Gasteiger partial charge in [-0.15, -0.1) is 10.2 Å². The van der Waals surface area contributed by atoms with Crippen LogP contribution < -0.4 is 0 Å². The van der Waals surface area contributed by atoms with Crippen molar-refractivity contribution >= 4 is 5.97 Å². The van der Waals surface area contributed by atoms with E-state index in [0.717, 1.165) is 12.8 Å². The molecular weight excluding hydrogens is 236 g/mol. The first kappa shape index (κ1) is 13.0. The molecule has 0 bridgehead atoms. The van der Waals surface area contributed by atoms with E-state index in [9.17, 15) is 4.79 Å². The molecular formula is C12H18N2O4. The summed E-state index contributed by atoms with van der Waals surface area (Å²) in [5, 5.41) is 16.6. The van der Waals surface area contributed by atoms with Crippen LogP contribution in [0.1, 0.15) is 51.0 Å². The molecule has 1 aromatic heterocycles. The van der Waals surface area contributed by atoms with Gasteiger partial charge in [-0.25, -0.2) is 0 Å². The van der Waals surface area contributed by atoms with Gasteiger partial charge in [-0.2, -0.15) is 0 Å². The highest BCUT2D eigenvalue weighted by molar-refractivity contribution is 5.66. The lowest BCUT2D eigenvalue weighted by molar-refractivity contribution is -0.137. The van der Waals surface area contributed by atoms with Gasteiger partial charge in [-0.1, -0.05) is 6.92 Å². The van der Waals surface area contributed by atoms with Crippen molar-refractivity contribution in [2.24, 2.45) is 5.92 Å². The first-order valence-electron chi connectivity index (χ1n) is 6.24. The fourth-order valence-corrected chi connectivity index (χ4v) is 2.13. The minimum atomic E-state index is -0.810. The van der Waals surface area contributed by atoms with Crippen molar-refractivity contribution in [1.29, 1.82) is 0 Å². The molecule has 0 spiro atoms. The number of nitrogens with zero attached hydrogens (tertiary/aromatic N) is 2. The predicted octanol–water partition coefficient (Wildman–Crippen LogP) is 1.96. The molecule has 1 aliphatic heterocycles. The van der Waals surface area contributed by atoms with Crippen LogP contribution in [0.5, 0.6) is 0 Å². The molecule has 0 aliphatic carbocycles. The van der Waals surface area contributed by atoms with Crippen LogP contribution in [0.15, 0.2) is 4.42 Å². The second-order valence-electron chi connectivity index (χ2n) is 4.95. The van der Waals surface area contributed by atoms with Gasteiger partial charge >= 0.3 is 5.97 Å². The third kappa shape index (κ3) is 3.29. The molecule has 18 heavy (non-hydrogen) atoms. The molecule has 2 heterocycles. The van der Waals surface area contributed by atoms with Crippen LogP contribution in [0, 0.1) is 5.92 Å². The van der Waals surface area contributed by atoms with Gasteiger partial charge in [0.15, 0.2) is 0 Å². The standard InChI is InChI=1S/C12H18N2O4/c1-7(6-11(15)16)5-10-13-14-12(18-10)9-4-3-8(2)17-9/h7-9H,3-6H2,1-2H3,(H,15,16). The Kier molecular flexibility index (Phi) is 3.96. The Bertz CT molecular complexity index is 418. The van der Waals surface area contributed by atoms with Gasteiger partial charge < -0.3 is 14.3 Å². The Balaban J connectivity index is 1.91. The maximum absolute atomic E-state index is 10.6. The van der Waals surface area contributed by atoms with E-state index in [0.29, 0.717) is 18.2 Å². The van der Waals surface area contributed by atoms with Crippen LogP contribution in [0.3, 0.4) is 0 Å².